The molecule has 0 bridgehead atoms. The van der Waals surface area contributed by atoms with Crippen molar-refractivity contribution in [2.75, 3.05) is 5.32 Å². The highest BCUT2D eigenvalue weighted by Gasteiger charge is 2.11. The fourth-order valence-corrected chi connectivity index (χ4v) is 2.10. The van der Waals surface area contributed by atoms with Crippen LogP contribution in [0.25, 0.3) is 10.8 Å². The van der Waals surface area contributed by atoms with Crippen LogP contribution < -0.4 is 5.32 Å². The molecule has 1 heterocycles. The number of hydrogen-bond acceptors (Lipinski definition) is 2. The normalized spacial score (nSPS) is 10.6. The Morgan fingerprint density at radius 2 is 1.89 bits per heavy atom. The van der Waals surface area contributed by atoms with E-state index in [1.54, 1.807) is 24.0 Å². The van der Waals surface area contributed by atoms with Crippen LogP contribution in [0.4, 0.5) is 5.82 Å². The number of anilines is 1. The minimum Gasteiger partial charge on any atom is -0.307 e. The first-order valence-electron chi connectivity index (χ1n) is 6.03. The molecule has 0 radical (unpaired) electrons. The molecule has 2 aromatic carbocycles. The number of carbonyl (C=O) groups excluding carboxylic acids is 1. The Labute approximate surface area is 110 Å². The van der Waals surface area contributed by atoms with Gasteiger partial charge in [-0.05, 0) is 16.8 Å². The molecule has 19 heavy (non-hydrogen) atoms. The van der Waals surface area contributed by atoms with E-state index in [9.17, 15) is 4.79 Å². The first-order chi connectivity index (χ1) is 9.25. The van der Waals surface area contributed by atoms with Crippen LogP contribution in [0.2, 0.25) is 0 Å². The standard InChI is InChI=1S/C15H13N3O/c1-18-14(9-10-16-18)17-15(19)13-8-4-6-11-5-2-3-7-12(11)13/h2-10H,1H3,(H,17,19). The van der Waals surface area contributed by atoms with E-state index in [0.29, 0.717) is 11.4 Å². The zero-order valence-corrected chi connectivity index (χ0v) is 10.5. The first kappa shape index (κ1) is 11.5. The van der Waals surface area contributed by atoms with Gasteiger partial charge in [0.05, 0.1) is 6.20 Å². The lowest BCUT2D eigenvalue weighted by Gasteiger charge is -2.08. The number of rotatable bonds is 2. The van der Waals surface area contributed by atoms with Gasteiger partial charge < -0.3 is 5.32 Å². The predicted octanol–water partition coefficient (Wildman–Crippen LogP) is 2.83. The minimum atomic E-state index is -0.125. The number of carbonyl (C=O) groups is 1. The Hall–Kier alpha value is -2.62. The highest BCUT2D eigenvalue weighted by molar-refractivity contribution is 6.12. The molecular formula is C15H13N3O. The van der Waals surface area contributed by atoms with Crippen LogP contribution in [0.15, 0.2) is 54.7 Å². The third-order valence-electron chi connectivity index (χ3n) is 3.10. The van der Waals surface area contributed by atoms with Gasteiger partial charge in [-0.1, -0.05) is 36.4 Å². The Kier molecular flexibility index (Phi) is 2.76. The van der Waals surface area contributed by atoms with Crippen molar-refractivity contribution in [1.29, 1.82) is 0 Å². The first-order valence-corrected chi connectivity index (χ1v) is 6.03. The summed E-state index contributed by atoms with van der Waals surface area (Å²) in [5, 5.41) is 8.89. The van der Waals surface area contributed by atoms with Crippen LogP contribution >= 0.6 is 0 Å². The van der Waals surface area contributed by atoms with Crippen molar-refractivity contribution in [3.63, 3.8) is 0 Å². The van der Waals surface area contributed by atoms with Gasteiger partial charge in [-0.2, -0.15) is 5.10 Å². The van der Waals surface area contributed by atoms with Crippen LogP contribution in [0.3, 0.4) is 0 Å². The van der Waals surface area contributed by atoms with Gasteiger partial charge >= 0.3 is 0 Å². The van der Waals surface area contributed by atoms with E-state index in [2.05, 4.69) is 10.4 Å². The maximum absolute atomic E-state index is 12.3. The molecule has 0 spiro atoms. The van der Waals surface area contributed by atoms with Gasteiger partial charge in [0.15, 0.2) is 0 Å². The molecule has 0 aliphatic rings. The molecule has 0 aliphatic heterocycles. The SMILES string of the molecule is Cn1nccc1NC(=O)c1cccc2ccccc12. The van der Waals surface area contributed by atoms with Gasteiger partial charge in [-0.15, -0.1) is 0 Å². The molecule has 94 valence electrons. The van der Waals surface area contributed by atoms with E-state index in [4.69, 9.17) is 0 Å². The summed E-state index contributed by atoms with van der Waals surface area (Å²) in [5.41, 5.74) is 0.666. The van der Waals surface area contributed by atoms with Crippen LogP contribution in [-0.2, 0) is 7.05 Å². The van der Waals surface area contributed by atoms with E-state index in [0.717, 1.165) is 10.8 Å². The molecular weight excluding hydrogens is 238 g/mol. The largest absolute Gasteiger partial charge is 0.307 e. The molecule has 0 unspecified atom stereocenters. The van der Waals surface area contributed by atoms with Crippen molar-refractivity contribution in [2.45, 2.75) is 0 Å². The Morgan fingerprint density at radius 3 is 2.68 bits per heavy atom. The molecule has 3 rings (SSSR count). The molecule has 3 aromatic rings. The van der Waals surface area contributed by atoms with Crippen molar-refractivity contribution < 1.29 is 4.79 Å². The summed E-state index contributed by atoms with van der Waals surface area (Å²) in [7, 11) is 1.79. The third-order valence-corrected chi connectivity index (χ3v) is 3.10. The van der Waals surface area contributed by atoms with Crippen molar-refractivity contribution in [3.8, 4) is 0 Å². The van der Waals surface area contributed by atoms with Gasteiger partial charge in [0, 0.05) is 18.7 Å². The Balaban J connectivity index is 2.00. The summed E-state index contributed by atoms with van der Waals surface area (Å²) in [6.45, 7) is 0. The lowest BCUT2D eigenvalue weighted by molar-refractivity contribution is 0.102. The number of amides is 1. The Morgan fingerprint density at radius 1 is 1.11 bits per heavy atom. The number of hydrogen-bond donors (Lipinski definition) is 1. The lowest BCUT2D eigenvalue weighted by atomic mass is 10.0. The van der Waals surface area contributed by atoms with Gasteiger partial charge in [-0.25, -0.2) is 0 Å². The van der Waals surface area contributed by atoms with Gasteiger partial charge in [0.2, 0.25) is 0 Å². The maximum atomic E-state index is 12.3. The number of aromatic nitrogens is 2. The summed E-state index contributed by atoms with van der Waals surface area (Å²) < 4.78 is 1.63. The van der Waals surface area contributed by atoms with Gasteiger partial charge in [0.25, 0.3) is 5.91 Å². The number of fused-ring (bicyclic) bond motifs is 1. The lowest BCUT2D eigenvalue weighted by Crippen LogP contribution is -2.14. The topological polar surface area (TPSA) is 46.9 Å². The van der Waals surface area contributed by atoms with Crippen molar-refractivity contribution in [1.82, 2.24) is 9.78 Å². The number of aryl methyl sites for hydroxylation is 1. The fraction of sp³-hybridized carbons (Fsp3) is 0.0667. The second-order valence-corrected chi connectivity index (χ2v) is 4.32. The highest BCUT2D eigenvalue weighted by Crippen LogP contribution is 2.19. The molecule has 0 saturated heterocycles. The minimum absolute atomic E-state index is 0.125. The van der Waals surface area contributed by atoms with Crippen molar-refractivity contribution in [3.05, 3.63) is 60.3 Å². The Bertz CT molecular complexity index is 740. The molecule has 0 aliphatic carbocycles. The van der Waals surface area contributed by atoms with E-state index in [-0.39, 0.29) is 5.91 Å². The average Bonchev–Trinajstić information content (AvgIpc) is 2.83. The van der Waals surface area contributed by atoms with E-state index >= 15 is 0 Å². The van der Waals surface area contributed by atoms with Crippen LogP contribution in [-0.4, -0.2) is 15.7 Å². The molecule has 0 fully saturated rings. The maximum Gasteiger partial charge on any atom is 0.257 e. The second-order valence-electron chi connectivity index (χ2n) is 4.32. The molecule has 4 nitrogen and oxygen atoms in total. The van der Waals surface area contributed by atoms with Crippen LogP contribution in [0.5, 0.6) is 0 Å². The zero-order chi connectivity index (χ0) is 13.2. The quantitative estimate of drug-likeness (QED) is 0.761. The summed E-state index contributed by atoms with van der Waals surface area (Å²) in [6.07, 6.45) is 1.65. The summed E-state index contributed by atoms with van der Waals surface area (Å²) >= 11 is 0. The number of nitrogens with zero attached hydrogens (tertiary/aromatic N) is 2. The number of nitrogens with one attached hydrogen (secondary N) is 1. The molecule has 1 amide bonds. The zero-order valence-electron chi connectivity index (χ0n) is 10.5. The van der Waals surface area contributed by atoms with Gasteiger partial charge in [-0.3, -0.25) is 9.48 Å². The molecule has 0 atom stereocenters. The molecule has 1 N–H and O–H groups in total. The predicted molar refractivity (Wildman–Crippen MR) is 75.1 cm³/mol. The van der Waals surface area contributed by atoms with Gasteiger partial charge in [0.1, 0.15) is 5.82 Å². The highest BCUT2D eigenvalue weighted by atomic mass is 16.1. The second kappa shape index (κ2) is 4.57. The smallest absolute Gasteiger partial charge is 0.257 e. The number of benzene rings is 2. The molecule has 0 saturated carbocycles. The monoisotopic (exact) mass is 251 g/mol. The van der Waals surface area contributed by atoms with E-state index < -0.39 is 0 Å². The van der Waals surface area contributed by atoms with Crippen molar-refractivity contribution >= 4 is 22.5 Å². The van der Waals surface area contributed by atoms with E-state index in [1.165, 1.54) is 0 Å². The molecule has 1 aromatic heterocycles. The average molecular weight is 251 g/mol. The molecule has 4 heteroatoms. The summed E-state index contributed by atoms with van der Waals surface area (Å²) in [6, 6.07) is 15.3. The summed E-state index contributed by atoms with van der Waals surface area (Å²) in [4.78, 5) is 12.3. The fourth-order valence-electron chi connectivity index (χ4n) is 2.10. The van der Waals surface area contributed by atoms with Crippen LogP contribution in [0, 0.1) is 0 Å². The van der Waals surface area contributed by atoms with Crippen molar-refractivity contribution in [2.24, 2.45) is 7.05 Å². The van der Waals surface area contributed by atoms with Crippen LogP contribution in [0.1, 0.15) is 10.4 Å². The third kappa shape index (κ3) is 2.08. The summed E-state index contributed by atoms with van der Waals surface area (Å²) in [5.74, 6) is 0.554. The van der Waals surface area contributed by atoms with E-state index in [1.807, 2.05) is 42.5 Å².